The first-order valence-electron chi connectivity index (χ1n) is 8.45. The molecule has 1 heterocycles. The summed E-state index contributed by atoms with van der Waals surface area (Å²) in [5.41, 5.74) is 2.61. The van der Waals surface area contributed by atoms with Crippen LogP contribution in [0.4, 0.5) is 0 Å². The predicted molar refractivity (Wildman–Crippen MR) is 93.4 cm³/mol. The third kappa shape index (κ3) is 3.88. The molecule has 4 heteroatoms. The maximum Gasteiger partial charge on any atom is 0.338 e. The number of carbonyl (C=O) groups is 1. The molecule has 0 aliphatic carbocycles. The Labute approximate surface area is 144 Å². The van der Waals surface area contributed by atoms with E-state index < -0.39 is 0 Å². The first kappa shape index (κ1) is 18.3. The Morgan fingerprint density at radius 2 is 1.92 bits per heavy atom. The molecule has 1 aromatic carbocycles. The van der Waals surface area contributed by atoms with Gasteiger partial charge in [0.15, 0.2) is 0 Å². The van der Waals surface area contributed by atoms with Gasteiger partial charge in [0.05, 0.1) is 18.8 Å². The van der Waals surface area contributed by atoms with Crippen LogP contribution in [0.25, 0.3) is 0 Å². The number of benzene rings is 1. The zero-order chi connectivity index (χ0) is 17.5. The number of esters is 1. The van der Waals surface area contributed by atoms with E-state index in [0.29, 0.717) is 24.5 Å². The Balaban J connectivity index is 2.57. The molecule has 0 fully saturated rings. The van der Waals surface area contributed by atoms with Crippen LogP contribution >= 0.6 is 0 Å². The van der Waals surface area contributed by atoms with Gasteiger partial charge in [0.25, 0.3) is 0 Å². The van der Waals surface area contributed by atoms with Crippen LogP contribution in [0.2, 0.25) is 0 Å². The van der Waals surface area contributed by atoms with Crippen LogP contribution in [0.5, 0.6) is 0 Å². The predicted octanol–water partition coefficient (Wildman–Crippen LogP) is 4.34. The summed E-state index contributed by atoms with van der Waals surface area (Å²) in [5.74, 6) is 0.998. The first-order chi connectivity index (χ1) is 11.6. The molecule has 1 aromatic rings. The first-order valence-corrected chi connectivity index (χ1v) is 8.45. The monoisotopic (exact) mass is 330 g/mol. The number of rotatable bonds is 7. The van der Waals surface area contributed by atoms with Crippen LogP contribution in [-0.4, -0.2) is 26.3 Å². The molecule has 1 aliphatic rings. The van der Waals surface area contributed by atoms with Crippen molar-refractivity contribution in [3.05, 3.63) is 58.6 Å². The third-order valence-electron chi connectivity index (χ3n) is 4.06. The maximum absolute atomic E-state index is 12.6. The van der Waals surface area contributed by atoms with Crippen molar-refractivity contribution in [3.8, 4) is 0 Å². The fourth-order valence-electron chi connectivity index (χ4n) is 3.09. The van der Waals surface area contributed by atoms with Crippen LogP contribution < -0.4 is 0 Å². The van der Waals surface area contributed by atoms with E-state index in [1.54, 1.807) is 7.11 Å². The SMILES string of the molecule is CCCC1=C(COC)C(c2ccccc2)C(C(=O)OCC)=C(C)O1. The topological polar surface area (TPSA) is 44.8 Å². The molecule has 0 saturated carbocycles. The molecule has 0 radical (unpaired) electrons. The number of hydrogen-bond donors (Lipinski definition) is 0. The van der Waals surface area contributed by atoms with Gasteiger partial charge in [0, 0.05) is 25.0 Å². The highest BCUT2D eigenvalue weighted by Crippen LogP contribution is 2.42. The standard InChI is InChI=1S/C20H26O4/c1-5-10-17-16(13-22-4)19(15-11-8-7-9-12-15)18(14(3)24-17)20(21)23-6-2/h7-9,11-12,19H,5-6,10,13H2,1-4H3. The van der Waals surface area contributed by atoms with Crippen LogP contribution in [0, 0.1) is 0 Å². The quantitative estimate of drug-likeness (QED) is 0.698. The molecule has 2 rings (SSSR count). The molecule has 4 nitrogen and oxygen atoms in total. The second-order valence-electron chi connectivity index (χ2n) is 5.77. The molecule has 1 unspecified atom stereocenters. The molecule has 1 atom stereocenters. The summed E-state index contributed by atoms with van der Waals surface area (Å²) in [6.07, 6.45) is 1.78. The number of hydrogen-bond acceptors (Lipinski definition) is 4. The molecule has 0 spiro atoms. The van der Waals surface area contributed by atoms with E-state index in [2.05, 4.69) is 6.92 Å². The van der Waals surface area contributed by atoms with E-state index in [9.17, 15) is 4.79 Å². The highest BCUT2D eigenvalue weighted by molar-refractivity contribution is 5.92. The van der Waals surface area contributed by atoms with Crippen molar-refractivity contribution in [2.24, 2.45) is 0 Å². The zero-order valence-corrected chi connectivity index (χ0v) is 14.9. The summed E-state index contributed by atoms with van der Waals surface area (Å²) < 4.78 is 16.7. The molecule has 0 saturated heterocycles. The van der Waals surface area contributed by atoms with Gasteiger partial charge in [-0.1, -0.05) is 37.3 Å². The summed E-state index contributed by atoms with van der Waals surface area (Å²) in [6.45, 7) is 6.51. The molecule has 1 aliphatic heterocycles. The smallest absolute Gasteiger partial charge is 0.338 e. The Hall–Kier alpha value is -2.07. The van der Waals surface area contributed by atoms with E-state index in [4.69, 9.17) is 14.2 Å². The van der Waals surface area contributed by atoms with Crippen molar-refractivity contribution in [3.63, 3.8) is 0 Å². The number of carbonyl (C=O) groups excluding carboxylic acids is 1. The average Bonchev–Trinajstić information content (AvgIpc) is 2.58. The molecular weight excluding hydrogens is 304 g/mol. The van der Waals surface area contributed by atoms with Crippen LogP contribution in [0.15, 0.2) is 53.0 Å². The van der Waals surface area contributed by atoms with Crippen molar-refractivity contribution in [1.82, 2.24) is 0 Å². The second-order valence-corrected chi connectivity index (χ2v) is 5.77. The van der Waals surface area contributed by atoms with Gasteiger partial charge in [-0.3, -0.25) is 0 Å². The lowest BCUT2D eigenvalue weighted by Gasteiger charge is -2.31. The van der Waals surface area contributed by atoms with Gasteiger partial charge in [0.1, 0.15) is 11.5 Å². The Kier molecular flexibility index (Phi) is 6.62. The highest BCUT2D eigenvalue weighted by atomic mass is 16.5. The van der Waals surface area contributed by atoms with Gasteiger partial charge < -0.3 is 14.2 Å². The van der Waals surface area contributed by atoms with Crippen molar-refractivity contribution >= 4 is 5.97 Å². The zero-order valence-electron chi connectivity index (χ0n) is 14.9. The van der Waals surface area contributed by atoms with E-state index in [1.165, 1.54) is 0 Å². The van der Waals surface area contributed by atoms with E-state index in [-0.39, 0.29) is 11.9 Å². The minimum absolute atomic E-state index is 0.194. The molecule has 130 valence electrons. The Morgan fingerprint density at radius 3 is 2.50 bits per heavy atom. The van der Waals surface area contributed by atoms with E-state index >= 15 is 0 Å². The van der Waals surface area contributed by atoms with Gasteiger partial charge in [-0.25, -0.2) is 4.79 Å². The molecule has 24 heavy (non-hydrogen) atoms. The van der Waals surface area contributed by atoms with Gasteiger partial charge in [-0.05, 0) is 25.8 Å². The second kappa shape index (κ2) is 8.69. The summed E-state index contributed by atoms with van der Waals surface area (Å²) >= 11 is 0. The highest BCUT2D eigenvalue weighted by Gasteiger charge is 2.35. The summed E-state index contributed by atoms with van der Waals surface area (Å²) in [6, 6.07) is 9.99. The third-order valence-corrected chi connectivity index (χ3v) is 4.06. The Bertz CT molecular complexity index is 628. The number of ether oxygens (including phenoxy) is 3. The number of allylic oxidation sites excluding steroid dienone is 2. The van der Waals surface area contributed by atoms with Gasteiger partial charge in [-0.15, -0.1) is 0 Å². The van der Waals surface area contributed by atoms with Gasteiger partial charge >= 0.3 is 5.97 Å². The minimum Gasteiger partial charge on any atom is -0.466 e. The van der Waals surface area contributed by atoms with Crippen molar-refractivity contribution in [2.75, 3.05) is 20.3 Å². The maximum atomic E-state index is 12.6. The fraction of sp³-hybridized carbons (Fsp3) is 0.450. The van der Waals surface area contributed by atoms with Crippen LogP contribution in [0.1, 0.15) is 45.1 Å². The fourth-order valence-corrected chi connectivity index (χ4v) is 3.09. The molecule has 0 aromatic heterocycles. The van der Waals surface area contributed by atoms with Crippen LogP contribution in [0.3, 0.4) is 0 Å². The molecule has 0 N–H and O–H groups in total. The van der Waals surface area contributed by atoms with Gasteiger partial charge in [0.2, 0.25) is 0 Å². The number of methoxy groups -OCH3 is 1. The average molecular weight is 330 g/mol. The molecule has 0 bridgehead atoms. The minimum atomic E-state index is -0.326. The lowest BCUT2D eigenvalue weighted by atomic mass is 9.81. The Morgan fingerprint density at radius 1 is 1.21 bits per heavy atom. The molecular formula is C20H26O4. The normalized spacial score (nSPS) is 17.8. The van der Waals surface area contributed by atoms with E-state index in [1.807, 2.05) is 44.2 Å². The largest absolute Gasteiger partial charge is 0.466 e. The lowest BCUT2D eigenvalue weighted by molar-refractivity contribution is -0.139. The van der Waals surface area contributed by atoms with Gasteiger partial charge in [-0.2, -0.15) is 0 Å². The van der Waals surface area contributed by atoms with E-state index in [0.717, 1.165) is 29.7 Å². The summed E-state index contributed by atoms with van der Waals surface area (Å²) in [7, 11) is 1.66. The summed E-state index contributed by atoms with van der Waals surface area (Å²) in [5, 5.41) is 0. The lowest BCUT2D eigenvalue weighted by Crippen LogP contribution is -2.25. The van der Waals surface area contributed by atoms with Crippen LogP contribution in [-0.2, 0) is 19.0 Å². The summed E-state index contributed by atoms with van der Waals surface area (Å²) in [4.78, 5) is 12.6. The van der Waals surface area contributed by atoms with Crippen molar-refractivity contribution in [2.45, 2.75) is 39.5 Å². The van der Waals surface area contributed by atoms with Crippen molar-refractivity contribution < 1.29 is 19.0 Å². The molecule has 0 amide bonds. The van der Waals surface area contributed by atoms with Crippen molar-refractivity contribution in [1.29, 1.82) is 0 Å².